The summed E-state index contributed by atoms with van der Waals surface area (Å²) in [4.78, 5) is 10.8. The molecular weight excluding hydrogens is 305 g/mol. The lowest BCUT2D eigenvalue weighted by Crippen LogP contribution is -2.07. The number of nitrogens with zero attached hydrogens (tertiary/aromatic N) is 3. The number of halogens is 2. The Labute approximate surface area is 110 Å². The zero-order valence-corrected chi connectivity index (χ0v) is 11.0. The van der Waals surface area contributed by atoms with Crippen LogP contribution in [0, 0.1) is 12.7 Å². The van der Waals surface area contributed by atoms with Crippen LogP contribution in [0.5, 0.6) is 0 Å². The van der Waals surface area contributed by atoms with E-state index in [2.05, 4.69) is 26.2 Å². The fraction of sp³-hybridized carbons (Fsp3) is 0.182. The molecule has 0 fully saturated rings. The number of hydrogen-bond donors (Lipinski definition) is 1. The van der Waals surface area contributed by atoms with Gasteiger partial charge in [0.05, 0.1) is 12.2 Å². The maximum Gasteiger partial charge on any atom is 0.358 e. The zero-order valence-electron chi connectivity index (χ0n) is 9.39. The number of carboxylic acids is 1. The first-order valence-electron chi connectivity index (χ1n) is 5.06. The van der Waals surface area contributed by atoms with E-state index in [-0.39, 0.29) is 18.1 Å². The van der Waals surface area contributed by atoms with Crippen LogP contribution in [0.25, 0.3) is 0 Å². The molecule has 1 heterocycles. The van der Waals surface area contributed by atoms with Crippen molar-refractivity contribution in [2.75, 3.05) is 0 Å². The number of aromatic carboxylic acids is 1. The Morgan fingerprint density at radius 1 is 1.56 bits per heavy atom. The van der Waals surface area contributed by atoms with Crippen molar-refractivity contribution < 1.29 is 14.3 Å². The molecule has 0 aliphatic rings. The van der Waals surface area contributed by atoms with Crippen molar-refractivity contribution in [1.82, 2.24) is 15.0 Å². The summed E-state index contributed by atoms with van der Waals surface area (Å²) in [6.45, 7) is 1.72. The van der Waals surface area contributed by atoms with Gasteiger partial charge in [0.2, 0.25) is 0 Å². The van der Waals surface area contributed by atoms with Crippen molar-refractivity contribution in [2.45, 2.75) is 13.5 Å². The number of rotatable bonds is 3. The summed E-state index contributed by atoms with van der Waals surface area (Å²) in [5, 5.41) is 16.1. The lowest BCUT2D eigenvalue weighted by Gasteiger charge is -2.05. The molecule has 0 saturated carbocycles. The van der Waals surface area contributed by atoms with Crippen LogP contribution in [0.1, 0.15) is 21.7 Å². The third-order valence-corrected chi connectivity index (χ3v) is 3.01. The van der Waals surface area contributed by atoms with Gasteiger partial charge in [-0.2, -0.15) is 0 Å². The van der Waals surface area contributed by atoms with Crippen molar-refractivity contribution in [2.24, 2.45) is 0 Å². The fourth-order valence-electron chi connectivity index (χ4n) is 1.53. The normalized spacial score (nSPS) is 10.6. The lowest BCUT2D eigenvalue weighted by molar-refractivity contribution is 0.0689. The third kappa shape index (κ3) is 2.40. The van der Waals surface area contributed by atoms with E-state index in [9.17, 15) is 9.18 Å². The van der Waals surface area contributed by atoms with Gasteiger partial charge >= 0.3 is 5.97 Å². The monoisotopic (exact) mass is 313 g/mol. The maximum absolute atomic E-state index is 13.6. The quantitative estimate of drug-likeness (QED) is 0.943. The summed E-state index contributed by atoms with van der Waals surface area (Å²) in [6, 6.07) is 4.55. The smallest absolute Gasteiger partial charge is 0.358 e. The van der Waals surface area contributed by atoms with E-state index in [0.29, 0.717) is 11.3 Å². The number of carboxylic acid groups (broad SMARTS) is 1. The Bertz CT molecular complexity index is 612. The summed E-state index contributed by atoms with van der Waals surface area (Å²) < 4.78 is 15.7. The summed E-state index contributed by atoms with van der Waals surface area (Å²) >= 11 is 3.25. The second-order valence-corrected chi connectivity index (χ2v) is 4.64. The molecule has 0 radical (unpaired) electrons. The van der Waals surface area contributed by atoms with E-state index >= 15 is 0 Å². The van der Waals surface area contributed by atoms with Crippen LogP contribution in [0.3, 0.4) is 0 Å². The van der Waals surface area contributed by atoms with Gasteiger partial charge in [-0.15, -0.1) is 5.10 Å². The number of benzene rings is 1. The molecular formula is C11H9BrFN3O2. The Hall–Kier alpha value is -1.76. The zero-order chi connectivity index (χ0) is 13.3. The highest BCUT2D eigenvalue weighted by molar-refractivity contribution is 9.10. The van der Waals surface area contributed by atoms with Gasteiger partial charge in [0.15, 0.2) is 5.69 Å². The molecule has 7 heteroatoms. The molecule has 0 aliphatic carbocycles. The minimum atomic E-state index is -1.14. The molecule has 0 atom stereocenters. The van der Waals surface area contributed by atoms with Crippen molar-refractivity contribution in [3.8, 4) is 0 Å². The topological polar surface area (TPSA) is 68.0 Å². The van der Waals surface area contributed by atoms with Gasteiger partial charge in [-0.3, -0.25) is 0 Å². The van der Waals surface area contributed by atoms with Crippen LogP contribution in [-0.4, -0.2) is 26.1 Å². The van der Waals surface area contributed by atoms with Gasteiger partial charge in [0, 0.05) is 10.0 Å². The second kappa shape index (κ2) is 4.85. The maximum atomic E-state index is 13.6. The summed E-state index contributed by atoms with van der Waals surface area (Å²) in [5.74, 6) is -1.52. The van der Waals surface area contributed by atoms with Crippen LogP contribution < -0.4 is 0 Å². The van der Waals surface area contributed by atoms with Crippen LogP contribution in [-0.2, 0) is 6.54 Å². The Balaban J connectivity index is 2.34. The van der Waals surface area contributed by atoms with Crippen molar-refractivity contribution in [3.05, 3.63) is 45.4 Å². The summed E-state index contributed by atoms with van der Waals surface area (Å²) in [5.41, 5.74) is 0.682. The molecule has 18 heavy (non-hydrogen) atoms. The molecule has 1 aromatic carbocycles. The largest absolute Gasteiger partial charge is 0.476 e. The van der Waals surface area contributed by atoms with Crippen molar-refractivity contribution >= 4 is 21.9 Å². The molecule has 0 unspecified atom stereocenters. The van der Waals surface area contributed by atoms with Gasteiger partial charge in [0.25, 0.3) is 0 Å². The second-order valence-electron chi connectivity index (χ2n) is 3.72. The Morgan fingerprint density at radius 3 is 2.89 bits per heavy atom. The minimum Gasteiger partial charge on any atom is -0.476 e. The van der Waals surface area contributed by atoms with Crippen LogP contribution in [0.2, 0.25) is 0 Å². The molecule has 1 aromatic heterocycles. The van der Waals surface area contributed by atoms with E-state index in [0.717, 1.165) is 4.47 Å². The predicted octanol–water partition coefficient (Wildman–Crippen LogP) is 2.23. The number of carbonyl (C=O) groups is 1. The molecule has 0 amide bonds. The van der Waals surface area contributed by atoms with Crippen LogP contribution in [0.4, 0.5) is 4.39 Å². The molecule has 0 saturated heterocycles. The molecule has 2 aromatic rings. The van der Waals surface area contributed by atoms with E-state index < -0.39 is 5.97 Å². The Kier molecular flexibility index (Phi) is 3.42. The van der Waals surface area contributed by atoms with Gasteiger partial charge in [-0.25, -0.2) is 13.9 Å². The van der Waals surface area contributed by atoms with E-state index in [4.69, 9.17) is 5.11 Å². The standard InChI is InChI=1S/C11H9BrFN3O2/c1-6-10(11(17)18)14-15-16(6)5-7-4-8(12)2-3-9(7)13/h2-4H,5H2,1H3,(H,17,18). The molecule has 2 rings (SSSR count). The van der Waals surface area contributed by atoms with Gasteiger partial charge < -0.3 is 5.11 Å². The highest BCUT2D eigenvalue weighted by atomic mass is 79.9. The van der Waals surface area contributed by atoms with Gasteiger partial charge in [-0.05, 0) is 25.1 Å². The third-order valence-electron chi connectivity index (χ3n) is 2.51. The van der Waals surface area contributed by atoms with Gasteiger partial charge in [-0.1, -0.05) is 21.1 Å². The SMILES string of the molecule is Cc1c(C(=O)O)nnn1Cc1cc(Br)ccc1F. The molecule has 94 valence electrons. The predicted molar refractivity (Wildman–Crippen MR) is 64.9 cm³/mol. The van der Waals surface area contributed by atoms with E-state index in [1.807, 2.05) is 0 Å². The van der Waals surface area contributed by atoms with Crippen molar-refractivity contribution in [1.29, 1.82) is 0 Å². The molecule has 1 N–H and O–H groups in total. The molecule has 0 bridgehead atoms. The van der Waals surface area contributed by atoms with Crippen molar-refractivity contribution in [3.63, 3.8) is 0 Å². The van der Waals surface area contributed by atoms with Gasteiger partial charge in [0.1, 0.15) is 5.82 Å². The average molecular weight is 314 g/mol. The first kappa shape index (κ1) is 12.7. The average Bonchev–Trinajstić information content (AvgIpc) is 2.66. The van der Waals surface area contributed by atoms with Crippen LogP contribution in [0.15, 0.2) is 22.7 Å². The summed E-state index contributed by atoms with van der Waals surface area (Å²) in [6.07, 6.45) is 0. The molecule has 0 aliphatic heterocycles. The highest BCUT2D eigenvalue weighted by Gasteiger charge is 2.16. The number of hydrogen-bond acceptors (Lipinski definition) is 3. The Morgan fingerprint density at radius 2 is 2.28 bits per heavy atom. The highest BCUT2D eigenvalue weighted by Crippen LogP contribution is 2.17. The number of aromatic nitrogens is 3. The van der Waals surface area contributed by atoms with E-state index in [1.54, 1.807) is 19.1 Å². The minimum absolute atomic E-state index is 0.120. The lowest BCUT2D eigenvalue weighted by atomic mass is 10.2. The molecule has 5 nitrogen and oxygen atoms in total. The first-order valence-corrected chi connectivity index (χ1v) is 5.85. The summed E-state index contributed by atoms with van der Waals surface area (Å²) in [7, 11) is 0. The van der Waals surface area contributed by atoms with Crippen LogP contribution >= 0.6 is 15.9 Å². The first-order chi connectivity index (χ1) is 8.49. The fourth-order valence-corrected chi connectivity index (χ4v) is 1.94. The van der Waals surface area contributed by atoms with E-state index in [1.165, 1.54) is 10.7 Å². The molecule has 0 spiro atoms.